The average molecular weight is 615 g/mol. The predicted molar refractivity (Wildman–Crippen MR) is 131 cm³/mol. The number of halogens is 6. The minimum Gasteiger partial charge on any atom is -0.497 e. The van der Waals surface area contributed by atoms with Crippen LogP contribution in [-0.2, 0) is 15.8 Å². The van der Waals surface area contributed by atoms with E-state index in [4.69, 9.17) is 15.2 Å². The molecule has 0 aliphatic heterocycles. The van der Waals surface area contributed by atoms with Crippen LogP contribution in [-0.4, -0.2) is 59.7 Å². The number of alkyl halides is 6. The molecule has 220 valence electrons. The van der Waals surface area contributed by atoms with Crippen molar-refractivity contribution < 1.29 is 50.2 Å². The molecule has 0 spiro atoms. The highest BCUT2D eigenvalue weighted by Gasteiger charge is 2.66. The number of ether oxygens (including phenoxy) is 2. The molecule has 0 saturated heterocycles. The molecule has 1 fully saturated rings. The van der Waals surface area contributed by atoms with Crippen LogP contribution < -0.4 is 10.5 Å². The minimum absolute atomic E-state index is 0.0713. The maximum Gasteiger partial charge on any atom is 0.392 e. The highest BCUT2D eigenvalue weighted by molar-refractivity contribution is 7.99. The molecule has 1 saturated carbocycles. The SMILES string of the molecule is COc1ccc(Sc2nc(N)nc3c2ncn3CC2(OC(CC(F)(F)F)(CC(F)(F)F)P(=O)(O)O)CC2C)cc1. The quantitative estimate of drug-likeness (QED) is 0.159. The number of hydrogen-bond donors (Lipinski definition) is 3. The van der Waals surface area contributed by atoms with E-state index < -0.39 is 56.2 Å². The zero-order valence-corrected chi connectivity index (χ0v) is 22.6. The number of methoxy groups -OCH3 is 1. The molecule has 2 unspecified atom stereocenters. The van der Waals surface area contributed by atoms with Crippen molar-refractivity contribution >= 4 is 36.5 Å². The summed E-state index contributed by atoms with van der Waals surface area (Å²) in [6, 6.07) is 6.94. The topological polar surface area (TPSA) is 146 Å². The Morgan fingerprint density at radius 1 is 1.12 bits per heavy atom. The first kappa shape index (κ1) is 30.4. The highest BCUT2D eigenvalue weighted by atomic mass is 32.2. The molecule has 4 N–H and O–H groups in total. The number of fused-ring (bicyclic) bond motifs is 1. The van der Waals surface area contributed by atoms with Crippen molar-refractivity contribution in [3.63, 3.8) is 0 Å². The van der Waals surface area contributed by atoms with Crippen molar-refractivity contribution in [2.75, 3.05) is 12.8 Å². The van der Waals surface area contributed by atoms with Gasteiger partial charge < -0.3 is 29.6 Å². The second-order valence-electron chi connectivity index (χ2n) is 9.56. The van der Waals surface area contributed by atoms with Crippen LogP contribution in [0, 0.1) is 5.92 Å². The van der Waals surface area contributed by atoms with Gasteiger partial charge in [-0.3, -0.25) is 4.57 Å². The van der Waals surface area contributed by atoms with Gasteiger partial charge in [0.1, 0.15) is 16.3 Å². The molecule has 1 aliphatic rings. The van der Waals surface area contributed by atoms with Gasteiger partial charge in [0.2, 0.25) is 5.95 Å². The van der Waals surface area contributed by atoms with Crippen molar-refractivity contribution in [2.24, 2.45) is 5.92 Å². The molecular weight excluding hydrogens is 591 g/mol. The minimum atomic E-state index is -6.13. The molecule has 18 heteroatoms. The first-order valence-electron chi connectivity index (χ1n) is 11.5. The van der Waals surface area contributed by atoms with Crippen LogP contribution in [0.5, 0.6) is 5.75 Å². The van der Waals surface area contributed by atoms with E-state index in [0.717, 1.165) is 4.90 Å². The van der Waals surface area contributed by atoms with E-state index in [9.17, 15) is 40.7 Å². The Bertz CT molecular complexity index is 1410. The van der Waals surface area contributed by atoms with Crippen LogP contribution in [0.4, 0.5) is 32.3 Å². The van der Waals surface area contributed by atoms with E-state index in [2.05, 4.69) is 15.0 Å². The molecule has 1 aromatic carbocycles. The summed E-state index contributed by atoms with van der Waals surface area (Å²) in [5, 5.41) is -3.56. The van der Waals surface area contributed by atoms with Crippen molar-refractivity contribution in [3.8, 4) is 5.75 Å². The van der Waals surface area contributed by atoms with Crippen molar-refractivity contribution in [1.82, 2.24) is 19.5 Å². The number of anilines is 1. The predicted octanol–water partition coefficient (Wildman–Crippen LogP) is 5.14. The molecule has 0 amide bonds. The van der Waals surface area contributed by atoms with E-state index in [1.807, 2.05) is 0 Å². The number of aromatic nitrogens is 4. The largest absolute Gasteiger partial charge is 0.497 e. The second-order valence-corrected chi connectivity index (χ2v) is 12.5. The van der Waals surface area contributed by atoms with Gasteiger partial charge in [0.15, 0.2) is 11.0 Å². The summed E-state index contributed by atoms with van der Waals surface area (Å²) in [5.41, 5.74) is 4.44. The van der Waals surface area contributed by atoms with Gasteiger partial charge in [-0.1, -0.05) is 18.7 Å². The Kier molecular flexibility index (Phi) is 7.86. The molecule has 4 rings (SSSR count). The van der Waals surface area contributed by atoms with E-state index in [1.165, 1.54) is 36.7 Å². The van der Waals surface area contributed by atoms with E-state index in [0.29, 0.717) is 10.8 Å². The van der Waals surface area contributed by atoms with Gasteiger partial charge in [0.25, 0.3) is 0 Å². The number of nitrogens with zero attached hydrogens (tertiary/aromatic N) is 4. The summed E-state index contributed by atoms with van der Waals surface area (Å²) in [5.74, 6) is -0.209. The zero-order chi connectivity index (χ0) is 29.7. The smallest absolute Gasteiger partial charge is 0.392 e. The number of nitrogen functional groups attached to an aromatic ring is 1. The summed E-state index contributed by atoms with van der Waals surface area (Å²) in [7, 11) is -4.62. The van der Waals surface area contributed by atoms with E-state index in [-0.39, 0.29) is 23.5 Å². The maximum absolute atomic E-state index is 13.4. The Balaban J connectivity index is 1.70. The molecule has 2 heterocycles. The van der Waals surface area contributed by atoms with Gasteiger partial charge >= 0.3 is 19.9 Å². The summed E-state index contributed by atoms with van der Waals surface area (Å²) in [6.45, 7) is 1.09. The number of hydrogen-bond acceptors (Lipinski definition) is 8. The third-order valence-corrected chi connectivity index (χ3v) is 8.88. The number of rotatable bonds is 10. The number of benzene rings is 1. The number of imidazole rings is 1. The van der Waals surface area contributed by atoms with Crippen molar-refractivity contribution in [2.45, 2.75) is 65.9 Å². The summed E-state index contributed by atoms with van der Waals surface area (Å²) < 4.78 is 104. The first-order valence-corrected chi connectivity index (χ1v) is 14.0. The third kappa shape index (κ3) is 6.65. The molecule has 0 radical (unpaired) electrons. The summed E-state index contributed by atoms with van der Waals surface area (Å²) in [6.07, 6.45) is -14.6. The fourth-order valence-corrected chi connectivity index (χ4v) is 6.37. The molecule has 0 bridgehead atoms. The Hall–Kier alpha value is -2.59. The Morgan fingerprint density at radius 3 is 2.17 bits per heavy atom. The van der Waals surface area contributed by atoms with Crippen LogP contribution in [0.2, 0.25) is 0 Å². The zero-order valence-electron chi connectivity index (χ0n) is 20.9. The second kappa shape index (κ2) is 10.4. The first-order chi connectivity index (χ1) is 18.4. The van der Waals surface area contributed by atoms with Crippen LogP contribution in [0.1, 0.15) is 26.2 Å². The van der Waals surface area contributed by atoms with Crippen LogP contribution >= 0.6 is 19.4 Å². The standard InChI is InChI=1S/C22H24F6N5O5PS/c1-12-7-19(12,38-20(39(34,35)36,8-21(23,24)25)9-22(26,27)28)10-33-11-30-15-16(33)31-18(29)32-17(15)40-14-5-3-13(37-2)4-6-14/h3-6,11-12H,7-10H2,1-2H3,(H2,29,31,32)(H2,34,35,36). The lowest BCUT2D eigenvalue weighted by molar-refractivity contribution is -0.227. The monoisotopic (exact) mass is 615 g/mol. The lowest BCUT2D eigenvalue weighted by Gasteiger charge is -2.39. The van der Waals surface area contributed by atoms with Crippen molar-refractivity contribution in [3.05, 3.63) is 30.6 Å². The van der Waals surface area contributed by atoms with Gasteiger partial charge in [-0.05, 0) is 36.6 Å². The highest BCUT2D eigenvalue weighted by Crippen LogP contribution is 2.65. The summed E-state index contributed by atoms with van der Waals surface area (Å²) >= 11 is 1.18. The van der Waals surface area contributed by atoms with E-state index >= 15 is 0 Å². The van der Waals surface area contributed by atoms with Gasteiger partial charge in [0.05, 0.1) is 38.4 Å². The third-order valence-electron chi connectivity index (χ3n) is 6.43. The van der Waals surface area contributed by atoms with E-state index in [1.54, 1.807) is 24.3 Å². The molecule has 10 nitrogen and oxygen atoms in total. The van der Waals surface area contributed by atoms with Gasteiger partial charge in [0, 0.05) is 4.90 Å². The molecule has 2 aromatic heterocycles. The molecule has 1 aliphatic carbocycles. The van der Waals surface area contributed by atoms with Crippen LogP contribution in [0.3, 0.4) is 0 Å². The van der Waals surface area contributed by atoms with Crippen molar-refractivity contribution in [1.29, 1.82) is 0 Å². The van der Waals surface area contributed by atoms with Gasteiger partial charge in [-0.2, -0.15) is 31.3 Å². The number of nitrogens with two attached hydrogens (primary N) is 1. The Labute approximate surface area is 227 Å². The molecule has 40 heavy (non-hydrogen) atoms. The fraction of sp³-hybridized carbons (Fsp3) is 0.500. The normalized spacial score (nSPS) is 20.2. The Morgan fingerprint density at radius 2 is 1.70 bits per heavy atom. The lowest BCUT2D eigenvalue weighted by Crippen LogP contribution is -2.46. The fourth-order valence-electron chi connectivity index (χ4n) is 4.42. The maximum atomic E-state index is 13.4. The van der Waals surface area contributed by atoms with Crippen LogP contribution in [0.15, 0.2) is 40.5 Å². The summed E-state index contributed by atoms with van der Waals surface area (Å²) in [4.78, 5) is 32.9. The van der Waals surface area contributed by atoms with Gasteiger partial charge in [-0.15, -0.1) is 0 Å². The molecule has 3 aromatic rings. The molecular formula is C22H24F6N5O5PS. The van der Waals surface area contributed by atoms with Crippen LogP contribution in [0.25, 0.3) is 11.2 Å². The van der Waals surface area contributed by atoms with Gasteiger partial charge in [-0.25, -0.2) is 9.97 Å². The average Bonchev–Trinajstić information content (AvgIpc) is 3.22. The lowest BCUT2D eigenvalue weighted by atomic mass is 10.1. The molecule has 2 atom stereocenters.